The summed E-state index contributed by atoms with van der Waals surface area (Å²) in [6, 6.07) is 8.55. The fraction of sp³-hybridized carbons (Fsp3) is 0.562. The van der Waals surface area contributed by atoms with Gasteiger partial charge < -0.3 is 15.1 Å². The first kappa shape index (κ1) is 14.7. The van der Waals surface area contributed by atoms with Crippen LogP contribution >= 0.6 is 15.9 Å². The molecule has 0 aromatic heterocycles. The average molecular weight is 352 g/mol. The molecule has 1 atom stereocenters. The number of nitrogens with one attached hydrogen (secondary N) is 1. The van der Waals surface area contributed by atoms with E-state index in [2.05, 4.69) is 44.3 Å². The Morgan fingerprint density at radius 1 is 1.29 bits per heavy atom. The first-order valence-electron chi connectivity index (χ1n) is 7.75. The summed E-state index contributed by atoms with van der Waals surface area (Å²) in [4.78, 5) is 16.3. The number of carbonyl (C=O) groups excluding carboxylic acids is 1. The van der Waals surface area contributed by atoms with Crippen molar-refractivity contribution in [3.05, 3.63) is 28.7 Å². The van der Waals surface area contributed by atoms with Crippen molar-refractivity contribution in [3.8, 4) is 0 Å². The Hall–Kier alpha value is -1.23. The van der Waals surface area contributed by atoms with Crippen molar-refractivity contribution in [3.63, 3.8) is 0 Å². The number of anilines is 1. The number of hydrogen-bond acceptors (Lipinski definition) is 2. The van der Waals surface area contributed by atoms with E-state index in [-0.39, 0.29) is 6.03 Å². The van der Waals surface area contributed by atoms with Gasteiger partial charge in [-0.15, -0.1) is 0 Å². The molecule has 2 heterocycles. The van der Waals surface area contributed by atoms with E-state index in [1.54, 1.807) is 0 Å². The van der Waals surface area contributed by atoms with Gasteiger partial charge in [-0.05, 0) is 43.4 Å². The summed E-state index contributed by atoms with van der Waals surface area (Å²) in [7, 11) is 0. The Morgan fingerprint density at radius 3 is 2.86 bits per heavy atom. The van der Waals surface area contributed by atoms with Gasteiger partial charge in [-0.1, -0.05) is 22.0 Å². The van der Waals surface area contributed by atoms with Crippen LogP contribution in [0.5, 0.6) is 0 Å². The number of rotatable bonds is 3. The highest BCUT2D eigenvalue weighted by Gasteiger charge is 2.24. The lowest BCUT2D eigenvalue weighted by molar-refractivity contribution is 0.207. The van der Waals surface area contributed by atoms with E-state index in [1.165, 1.54) is 5.69 Å². The lowest BCUT2D eigenvalue weighted by Gasteiger charge is -2.20. The summed E-state index contributed by atoms with van der Waals surface area (Å²) in [5.41, 5.74) is 1.26. The van der Waals surface area contributed by atoms with Crippen LogP contribution < -0.4 is 10.2 Å². The molecule has 0 radical (unpaired) electrons. The van der Waals surface area contributed by atoms with E-state index in [9.17, 15) is 4.79 Å². The second-order valence-corrected chi connectivity index (χ2v) is 6.88. The number of likely N-dealkylation sites (tertiary alicyclic amines) is 1. The topological polar surface area (TPSA) is 35.6 Å². The van der Waals surface area contributed by atoms with Crippen molar-refractivity contribution in [2.75, 3.05) is 37.6 Å². The first-order chi connectivity index (χ1) is 10.2. The number of urea groups is 1. The third-order valence-electron chi connectivity index (χ3n) is 4.39. The second-order valence-electron chi connectivity index (χ2n) is 5.96. The molecule has 5 heteroatoms. The molecule has 2 amide bonds. The van der Waals surface area contributed by atoms with E-state index in [0.717, 1.165) is 56.5 Å². The predicted molar refractivity (Wildman–Crippen MR) is 88.7 cm³/mol. The molecule has 3 rings (SSSR count). The molecule has 114 valence electrons. The van der Waals surface area contributed by atoms with E-state index in [0.29, 0.717) is 5.92 Å². The maximum Gasteiger partial charge on any atom is 0.317 e. The minimum atomic E-state index is 0.119. The van der Waals surface area contributed by atoms with Gasteiger partial charge in [0.25, 0.3) is 0 Å². The Bertz CT molecular complexity index is 502. The van der Waals surface area contributed by atoms with Crippen molar-refractivity contribution in [2.45, 2.75) is 19.3 Å². The molecule has 2 aliphatic heterocycles. The molecule has 0 spiro atoms. The van der Waals surface area contributed by atoms with Crippen molar-refractivity contribution >= 4 is 27.6 Å². The molecule has 2 fully saturated rings. The molecule has 1 aromatic carbocycles. The van der Waals surface area contributed by atoms with Crippen molar-refractivity contribution in [1.82, 2.24) is 10.2 Å². The lowest BCUT2D eigenvalue weighted by atomic mass is 10.1. The Labute approximate surface area is 134 Å². The van der Waals surface area contributed by atoms with E-state index in [4.69, 9.17) is 0 Å². The second kappa shape index (κ2) is 6.69. The van der Waals surface area contributed by atoms with Gasteiger partial charge >= 0.3 is 6.03 Å². The molecule has 0 saturated carbocycles. The van der Waals surface area contributed by atoms with Gasteiger partial charge in [-0.25, -0.2) is 4.79 Å². The zero-order valence-electron chi connectivity index (χ0n) is 12.2. The molecule has 4 nitrogen and oxygen atoms in total. The van der Waals surface area contributed by atoms with Crippen molar-refractivity contribution in [2.24, 2.45) is 5.92 Å². The summed E-state index contributed by atoms with van der Waals surface area (Å²) in [5.74, 6) is 0.551. The zero-order valence-corrected chi connectivity index (χ0v) is 13.8. The maximum atomic E-state index is 12.0. The molecule has 2 aliphatic rings. The van der Waals surface area contributed by atoms with Crippen LogP contribution in [0.15, 0.2) is 28.7 Å². The van der Waals surface area contributed by atoms with Gasteiger partial charge in [0.2, 0.25) is 0 Å². The highest BCUT2D eigenvalue weighted by atomic mass is 79.9. The van der Waals surface area contributed by atoms with Crippen LogP contribution in [-0.2, 0) is 0 Å². The monoisotopic (exact) mass is 351 g/mol. The standard InChI is InChI=1S/C16H22BrN3O/c17-14-4-3-5-15(10-14)20-9-6-13(12-20)11-18-16(21)19-7-1-2-8-19/h3-5,10,13H,1-2,6-9,11-12H2,(H,18,21). The smallest absolute Gasteiger partial charge is 0.317 e. The summed E-state index contributed by atoms with van der Waals surface area (Å²) in [5, 5.41) is 3.10. The number of halogens is 1. The highest BCUT2D eigenvalue weighted by Crippen LogP contribution is 2.26. The maximum absolute atomic E-state index is 12.0. The average Bonchev–Trinajstić information content (AvgIpc) is 3.16. The minimum absolute atomic E-state index is 0.119. The summed E-state index contributed by atoms with van der Waals surface area (Å²) in [6.07, 6.45) is 3.44. The van der Waals surface area contributed by atoms with Crippen LogP contribution in [0.3, 0.4) is 0 Å². The fourth-order valence-electron chi connectivity index (χ4n) is 3.17. The van der Waals surface area contributed by atoms with Crippen LogP contribution in [0.2, 0.25) is 0 Å². The lowest BCUT2D eigenvalue weighted by Crippen LogP contribution is -2.40. The molecule has 1 aromatic rings. The van der Waals surface area contributed by atoms with E-state index >= 15 is 0 Å². The molecular formula is C16H22BrN3O. The summed E-state index contributed by atoms with van der Waals surface area (Å²) >= 11 is 3.52. The molecule has 0 aliphatic carbocycles. The van der Waals surface area contributed by atoms with E-state index < -0.39 is 0 Å². The van der Waals surface area contributed by atoms with E-state index in [1.807, 2.05) is 11.0 Å². The van der Waals surface area contributed by atoms with Crippen LogP contribution in [-0.4, -0.2) is 43.7 Å². The highest BCUT2D eigenvalue weighted by molar-refractivity contribution is 9.10. The van der Waals surface area contributed by atoms with Gasteiger partial charge in [0.05, 0.1) is 0 Å². The van der Waals surface area contributed by atoms with Crippen LogP contribution in [0, 0.1) is 5.92 Å². The Balaban J connectivity index is 1.47. The minimum Gasteiger partial charge on any atom is -0.371 e. The molecule has 21 heavy (non-hydrogen) atoms. The number of nitrogens with zero attached hydrogens (tertiary/aromatic N) is 2. The van der Waals surface area contributed by atoms with Gasteiger partial charge in [-0.3, -0.25) is 0 Å². The Kier molecular flexibility index (Phi) is 4.68. The van der Waals surface area contributed by atoms with Gasteiger partial charge in [0.15, 0.2) is 0 Å². The first-order valence-corrected chi connectivity index (χ1v) is 8.55. The zero-order chi connectivity index (χ0) is 14.7. The van der Waals surface area contributed by atoms with Gasteiger partial charge in [-0.2, -0.15) is 0 Å². The SMILES string of the molecule is O=C(NCC1CCN(c2cccc(Br)c2)C1)N1CCCC1. The largest absolute Gasteiger partial charge is 0.371 e. The summed E-state index contributed by atoms with van der Waals surface area (Å²) < 4.78 is 1.12. The molecule has 1 unspecified atom stereocenters. The van der Waals surface area contributed by atoms with Crippen LogP contribution in [0.25, 0.3) is 0 Å². The summed E-state index contributed by atoms with van der Waals surface area (Å²) in [6.45, 7) is 4.72. The van der Waals surface area contributed by atoms with Gasteiger partial charge in [0, 0.05) is 42.9 Å². The third kappa shape index (κ3) is 3.70. The van der Waals surface area contributed by atoms with Crippen LogP contribution in [0.1, 0.15) is 19.3 Å². The van der Waals surface area contributed by atoms with Crippen molar-refractivity contribution in [1.29, 1.82) is 0 Å². The molecule has 0 bridgehead atoms. The number of carbonyl (C=O) groups is 1. The fourth-order valence-corrected chi connectivity index (χ4v) is 3.56. The van der Waals surface area contributed by atoms with Crippen LogP contribution in [0.4, 0.5) is 10.5 Å². The Morgan fingerprint density at radius 2 is 2.10 bits per heavy atom. The molecule has 2 saturated heterocycles. The number of hydrogen-bond donors (Lipinski definition) is 1. The number of amides is 2. The normalized spacial score (nSPS) is 21.9. The van der Waals surface area contributed by atoms with Crippen molar-refractivity contribution < 1.29 is 4.79 Å². The number of benzene rings is 1. The quantitative estimate of drug-likeness (QED) is 0.908. The third-order valence-corrected chi connectivity index (χ3v) is 4.89. The predicted octanol–water partition coefficient (Wildman–Crippen LogP) is 3.08. The molecular weight excluding hydrogens is 330 g/mol. The molecule has 1 N–H and O–H groups in total. The van der Waals surface area contributed by atoms with Gasteiger partial charge in [0.1, 0.15) is 0 Å².